The van der Waals surface area contributed by atoms with Gasteiger partial charge in [0, 0.05) is 18.7 Å². The van der Waals surface area contributed by atoms with Gasteiger partial charge in [0.2, 0.25) is 0 Å². The third kappa shape index (κ3) is 0.969. The first kappa shape index (κ1) is 9.40. The monoisotopic (exact) mass is 206 g/mol. The SMILES string of the molecule is Cn1nc(CO)c2c1C1CC(C2)C1(C)C. The van der Waals surface area contributed by atoms with Crippen LogP contribution in [0.4, 0.5) is 0 Å². The minimum Gasteiger partial charge on any atom is -0.390 e. The molecule has 4 rings (SSSR count). The standard InChI is InChI=1S/C12H18N2O/c1-12(2)7-4-8-10(6-15)13-14(3)11(8)9(12)5-7/h7,9,15H,4-6H2,1-3H3. The molecule has 0 aromatic carbocycles. The second-order valence-corrected chi connectivity index (χ2v) is 5.60. The van der Waals surface area contributed by atoms with Crippen LogP contribution in [0, 0.1) is 11.3 Å². The minimum atomic E-state index is 0.0864. The molecule has 2 bridgehead atoms. The molecule has 1 aromatic rings. The van der Waals surface area contributed by atoms with Gasteiger partial charge in [0.25, 0.3) is 0 Å². The van der Waals surface area contributed by atoms with E-state index < -0.39 is 0 Å². The molecule has 0 aliphatic heterocycles. The normalized spacial score (nSPS) is 30.9. The minimum absolute atomic E-state index is 0.0864. The van der Waals surface area contributed by atoms with Crippen molar-refractivity contribution in [3.8, 4) is 0 Å². The van der Waals surface area contributed by atoms with Crippen molar-refractivity contribution in [2.45, 2.75) is 39.2 Å². The Hall–Kier alpha value is -0.830. The average Bonchev–Trinajstić information content (AvgIpc) is 2.55. The summed E-state index contributed by atoms with van der Waals surface area (Å²) in [6.07, 6.45) is 2.42. The zero-order chi connectivity index (χ0) is 10.8. The molecule has 0 spiro atoms. The van der Waals surface area contributed by atoms with E-state index in [0.29, 0.717) is 11.3 Å². The molecular formula is C12H18N2O. The van der Waals surface area contributed by atoms with Crippen LogP contribution < -0.4 is 0 Å². The third-order valence-corrected chi connectivity index (χ3v) is 4.68. The Balaban J connectivity index is 2.14. The van der Waals surface area contributed by atoms with E-state index in [1.807, 2.05) is 11.7 Å². The van der Waals surface area contributed by atoms with Crippen LogP contribution in [0.15, 0.2) is 0 Å². The van der Waals surface area contributed by atoms with Crippen LogP contribution >= 0.6 is 0 Å². The fourth-order valence-electron chi connectivity index (χ4n) is 3.50. The molecule has 0 radical (unpaired) electrons. The molecule has 2 atom stereocenters. The topological polar surface area (TPSA) is 38.0 Å². The maximum Gasteiger partial charge on any atom is 0.0913 e. The fourth-order valence-corrected chi connectivity index (χ4v) is 3.50. The summed E-state index contributed by atoms with van der Waals surface area (Å²) in [6, 6.07) is 0. The smallest absolute Gasteiger partial charge is 0.0913 e. The van der Waals surface area contributed by atoms with Crippen molar-refractivity contribution in [1.82, 2.24) is 9.78 Å². The van der Waals surface area contributed by atoms with Crippen molar-refractivity contribution in [2.24, 2.45) is 18.4 Å². The summed E-state index contributed by atoms with van der Waals surface area (Å²) in [7, 11) is 2.01. The maximum atomic E-state index is 9.26. The van der Waals surface area contributed by atoms with Gasteiger partial charge in [0.15, 0.2) is 0 Å². The van der Waals surface area contributed by atoms with E-state index in [4.69, 9.17) is 0 Å². The number of rotatable bonds is 1. The molecule has 1 fully saturated rings. The van der Waals surface area contributed by atoms with E-state index >= 15 is 0 Å². The molecule has 0 saturated heterocycles. The Kier molecular flexibility index (Phi) is 1.66. The number of nitrogens with zero attached hydrogens (tertiary/aromatic N) is 2. The van der Waals surface area contributed by atoms with Crippen molar-refractivity contribution in [3.63, 3.8) is 0 Å². The largest absolute Gasteiger partial charge is 0.390 e. The Morgan fingerprint density at radius 3 is 2.87 bits per heavy atom. The van der Waals surface area contributed by atoms with E-state index in [1.54, 1.807) is 0 Å². The van der Waals surface area contributed by atoms with Gasteiger partial charge in [-0.2, -0.15) is 5.10 Å². The van der Waals surface area contributed by atoms with Crippen LogP contribution in [-0.2, 0) is 20.1 Å². The van der Waals surface area contributed by atoms with Crippen LogP contribution in [0.25, 0.3) is 0 Å². The fraction of sp³-hybridized carbons (Fsp3) is 0.750. The van der Waals surface area contributed by atoms with E-state index in [-0.39, 0.29) is 6.61 Å². The summed E-state index contributed by atoms with van der Waals surface area (Å²) in [4.78, 5) is 0. The Morgan fingerprint density at radius 2 is 2.27 bits per heavy atom. The van der Waals surface area contributed by atoms with Crippen molar-refractivity contribution in [2.75, 3.05) is 0 Å². The molecule has 1 aromatic heterocycles. The maximum absolute atomic E-state index is 9.26. The predicted molar refractivity (Wildman–Crippen MR) is 57.5 cm³/mol. The van der Waals surface area contributed by atoms with Gasteiger partial charge in [-0.1, -0.05) is 13.8 Å². The van der Waals surface area contributed by atoms with Crippen LogP contribution in [0.2, 0.25) is 0 Å². The second kappa shape index (κ2) is 2.64. The number of hydrogen-bond acceptors (Lipinski definition) is 2. The third-order valence-electron chi connectivity index (χ3n) is 4.68. The number of aryl methyl sites for hydroxylation is 1. The Labute approximate surface area is 90.1 Å². The molecule has 3 nitrogen and oxygen atoms in total. The first-order chi connectivity index (χ1) is 7.05. The van der Waals surface area contributed by atoms with Crippen LogP contribution in [-0.4, -0.2) is 14.9 Å². The Morgan fingerprint density at radius 1 is 1.53 bits per heavy atom. The molecule has 0 amide bonds. The highest BCUT2D eigenvalue weighted by atomic mass is 16.3. The molecular weight excluding hydrogens is 188 g/mol. The van der Waals surface area contributed by atoms with Gasteiger partial charge in [-0.05, 0) is 29.7 Å². The molecule has 1 N–H and O–H groups in total. The summed E-state index contributed by atoms with van der Waals surface area (Å²) < 4.78 is 1.99. The lowest BCUT2D eigenvalue weighted by Crippen LogP contribution is -2.48. The van der Waals surface area contributed by atoms with E-state index in [2.05, 4.69) is 18.9 Å². The highest BCUT2D eigenvalue weighted by Gasteiger charge is 2.54. The van der Waals surface area contributed by atoms with Crippen molar-refractivity contribution in [3.05, 3.63) is 17.0 Å². The molecule has 1 heterocycles. The van der Waals surface area contributed by atoms with Gasteiger partial charge in [-0.15, -0.1) is 0 Å². The zero-order valence-electron chi connectivity index (χ0n) is 9.62. The van der Waals surface area contributed by atoms with E-state index in [1.165, 1.54) is 17.7 Å². The summed E-state index contributed by atoms with van der Waals surface area (Å²) >= 11 is 0. The van der Waals surface area contributed by atoms with Gasteiger partial charge in [0.05, 0.1) is 12.3 Å². The average molecular weight is 206 g/mol. The summed E-state index contributed by atoms with van der Waals surface area (Å²) in [6.45, 7) is 4.81. The van der Waals surface area contributed by atoms with Gasteiger partial charge >= 0.3 is 0 Å². The second-order valence-electron chi connectivity index (χ2n) is 5.60. The number of aliphatic hydroxyl groups excluding tert-OH is 1. The van der Waals surface area contributed by atoms with Crippen molar-refractivity contribution < 1.29 is 5.11 Å². The van der Waals surface area contributed by atoms with E-state index in [0.717, 1.165) is 18.0 Å². The summed E-state index contributed by atoms with van der Waals surface area (Å²) in [5.74, 6) is 1.45. The molecule has 82 valence electrons. The lowest BCUT2D eigenvalue weighted by atomic mass is 9.48. The first-order valence-electron chi connectivity index (χ1n) is 5.71. The molecule has 1 saturated carbocycles. The van der Waals surface area contributed by atoms with Gasteiger partial charge in [-0.3, -0.25) is 4.68 Å². The summed E-state index contributed by atoms with van der Waals surface area (Å²) in [5, 5.41) is 13.7. The quantitative estimate of drug-likeness (QED) is 0.758. The van der Waals surface area contributed by atoms with Crippen molar-refractivity contribution in [1.29, 1.82) is 0 Å². The molecule has 15 heavy (non-hydrogen) atoms. The highest BCUT2D eigenvalue weighted by molar-refractivity contribution is 5.38. The van der Waals surface area contributed by atoms with Gasteiger partial charge in [-0.25, -0.2) is 0 Å². The predicted octanol–water partition coefficient (Wildman–Crippen LogP) is 1.60. The van der Waals surface area contributed by atoms with Crippen LogP contribution in [0.1, 0.15) is 43.1 Å². The molecule has 3 heteroatoms. The van der Waals surface area contributed by atoms with Gasteiger partial charge in [0.1, 0.15) is 0 Å². The molecule has 3 aliphatic carbocycles. The summed E-state index contributed by atoms with van der Waals surface area (Å²) in [5.41, 5.74) is 4.05. The lowest BCUT2D eigenvalue weighted by Gasteiger charge is -2.56. The molecule has 3 aliphatic rings. The van der Waals surface area contributed by atoms with Crippen LogP contribution in [0.3, 0.4) is 0 Å². The highest BCUT2D eigenvalue weighted by Crippen LogP contribution is 2.62. The van der Waals surface area contributed by atoms with Gasteiger partial charge < -0.3 is 5.11 Å². The van der Waals surface area contributed by atoms with E-state index in [9.17, 15) is 5.11 Å². The van der Waals surface area contributed by atoms with Crippen molar-refractivity contribution >= 4 is 0 Å². The number of aromatic nitrogens is 2. The molecule has 2 unspecified atom stereocenters. The number of hydrogen-bond donors (Lipinski definition) is 1. The Bertz CT molecular complexity index is 420. The number of aliphatic hydroxyl groups is 1. The van der Waals surface area contributed by atoms with Crippen LogP contribution in [0.5, 0.6) is 0 Å². The lowest BCUT2D eigenvalue weighted by molar-refractivity contribution is 0.0135. The zero-order valence-corrected chi connectivity index (χ0v) is 9.62. The first-order valence-corrected chi connectivity index (χ1v) is 5.71.